The molecule has 1 amide bonds. The Morgan fingerprint density at radius 1 is 1.13 bits per heavy atom. The molecule has 2 atom stereocenters. The van der Waals surface area contributed by atoms with Gasteiger partial charge in [-0.25, -0.2) is 0 Å². The molecular weight excluding hydrogens is 292 g/mol. The summed E-state index contributed by atoms with van der Waals surface area (Å²) in [6.07, 6.45) is 0.0877. The average molecular weight is 312 g/mol. The van der Waals surface area contributed by atoms with Gasteiger partial charge in [0.2, 0.25) is 0 Å². The number of carbonyl (C=O) groups excluding carboxylic acids is 1. The number of nitrogens with one attached hydrogen (secondary N) is 1. The highest BCUT2D eigenvalue weighted by Gasteiger charge is 2.27. The van der Waals surface area contributed by atoms with Gasteiger partial charge in [0, 0.05) is 12.6 Å². The van der Waals surface area contributed by atoms with E-state index >= 15 is 0 Å². The van der Waals surface area contributed by atoms with Crippen molar-refractivity contribution in [1.29, 1.82) is 0 Å². The Hall–Kier alpha value is -2.37. The van der Waals surface area contributed by atoms with E-state index in [0.717, 1.165) is 17.7 Å². The molecule has 2 unspecified atom stereocenters. The molecule has 1 saturated heterocycles. The van der Waals surface area contributed by atoms with Gasteiger partial charge in [0.15, 0.2) is 6.10 Å². The molecule has 1 heterocycles. The molecule has 0 spiro atoms. The first kappa shape index (κ1) is 15.5. The summed E-state index contributed by atoms with van der Waals surface area (Å²) in [5, 5.41) is 2.92. The summed E-state index contributed by atoms with van der Waals surface area (Å²) >= 11 is 0. The van der Waals surface area contributed by atoms with Crippen LogP contribution in [0.25, 0.3) is 0 Å². The van der Waals surface area contributed by atoms with Crippen molar-refractivity contribution in [2.45, 2.75) is 18.6 Å². The molecule has 23 heavy (non-hydrogen) atoms. The zero-order valence-corrected chi connectivity index (χ0v) is 12.8. The Labute approximate surface area is 135 Å². The van der Waals surface area contributed by atoms with Crippen molar-refractivity contribution >= 4 is 5.91 Å². The summed E-state index contributed by atoms with van der Waals surface area (Å²) in [5.41, 5.74) is 6.41. The van der Waals surface area contributed by atoms with Gasteiger partial charge in [0.05, 0.1) is 6.61 Å². The van der Waals surface area contributed by atoms with Crippen LogP contribution in [0.5, 0.6) is 11.5 Å². The van der Waals surface area contributed by atoms with Crippen LogP contribution in [-0.4, -0.2) is 25.1 Å². The summed E-state index contributed by atoms with van der Waals surface area (Å²) in [5.74, 6) is 1.26. The summed E-state index contributed by atoms with van der Waals surface area (Å²) in [4.78, 5) is 12.3. The van der Waals surface area contributed by atoms with Crippen LogP contribution in [0.3, 0.4) is 0 Å². The third-order valence-corrected chi connectivity index (χ3v) is 3.76. The van der Waals surface area contributed by atoms with Gasteiger partial charge in [0.25, 0.3) is 5.91 Å². The van der Waals surface area contributed by atoms with E-state index in [1.165, 1.54) is 0 Å². The number of amides is 1. The van der Waals surface area contributed by atoms with Crippen molar-refractivity contribution in [2.75, 3.05) is 13.2 Å². The molecule has 5 heteroatoms. The lowest BCUT2D eigenvalue weighted by atomic mass is 10.1. The molecule has 120 valence electrons. The SMILES string of the molecule is NCC1CCOC(c2cccc(Oc3ccccc3)c2)C(=O)N1. The fraction of sp³-hybridized carbons (Fsp3) is 0.278. The van der Waals surface area contributed by atoms with Gasteiger partial charge in [-0.1, -0.05) is 30.3 Å². The fourth-order valence-electron chi connectivity index (χ4n) is 2.54. The maximum absolute atomic E-state index is 12.3. The monoisotopic (exact) mass is 312 g/mol. The molecule has 5 nitrogen and oxygen atoms in total. The van der Waals surface area contributed by atoms with E-state index in [1.807, 2.05) is 54.6 Å². The lowest BCUT2D eigenvalue weighted by Crippen LogP contribution is -2.40. The highest BCUT2D eigenvalue weighted by atomic mass is 16.5. The molecule has 0 aromatic heterocycles. The predicted molar refractivity (Wildman–Crippen MR) is 87.3 cm³/mol. The number of benzene rings is 2. The van der Waals surface area contributed by atoms with Crippen molar-refractivity contribution in [3.63, 3.8) is 0 Å². The third kappa shape index (κ3) is 3.88. The van der Waals surface area contributed by atoms with E-state index < -0.39 is 6.10 Å². The summed E-state index contributed by atoms with van der Waals surface area (Å²) in [7, 11) is 0. The van der Waals surface area contributed by atoms with Crippen molar-refractivity contribution in [1.82, 2.24) is 5.32 Å². The van der Waals surface area contributed by atoms with Gasteiger partial charge < -0.3 is 20.5 Å². The molecule has 0 radical (unpaired) electrons. The highest BCUT2D eigenvalue weighted by Crippen LogP contribution is 2.27. The van der Waals surface area contributed by atoms with E-state index in [4.69, 9.17) is 15.2 Å². The Kier molecular flexibility index (Phi) is 4.90. The topological polar surface area (TPSA) is 73.6 Å². The first-order valence-electron chi connectivity index (χ1n) is 7.71. The van der Waals surface area contributed by atoms with E-state index in [0.29, 0.717) is 18.9 Å². The third-order valence-electron chi connectivity index (χ3n) is 3.76. The predicted octanol–water partition coefficient (Wildman–Crippen LogP) is 2.38. The lowest BCUT2D eigenvalue weighted by molar-refractivity contribution is -0.131. The van der Waals surface area contributed by atoms with E-state index in [2.05, 4.69) is 5.32 Å². The first-order valence-corrected chi connectivity index (χ1v) is 7.71. The normalized spacial score (nSPS) is 21.3. The van der Waals surface area contributed by atoms with Crippen molar-refractivity contribution in [2.24, 2.45) is 5.73 Å². The number of nitrogens with two attached hydrogens (primary N) is 1. The van der Waals surface area contributed by atoms with Crippen LogP contribution in [0.15, 0.2) is 54.6 Å². The molecule has 0 saturated carbocycles. The maximum Gasteiger partial charge on any atom is 0.254 e. The standard InChI is InChI=1S/C18H20N2O3/c19-12-14-9-10-22-17(18(21)20-14)13-5-4-8-16(11-13)23-15-6-2-1-3-7-15/h1-8,11,14,17H,9-10,12,19H2,(H,20,21). The second kappa shape index (κ2) is 7.26. The van der Waals surface area contributed by atoms with E-state index in [9.17, 15) is 4.79 Å². The maximum atomic E-state index is 12.3. The van der Waals surface area contributed by atoms with E-state index in [-0.39, 0.29) is 11.9 Å². The number of hydrogen-bond donors (Lipinski definition) is 2. The lowest BCUT2D eigenvalue weighted by Gasteiger charge is -2.16. The molecule has 2 aromatic carbocycles. The zero-order chi connectivity index (χ0) is 16.1. The fourth-order valence-corrected chi connectivity index (χ4v) is 2.54. The second-order valence-corrected chi connectivity index (χ2v) is 5.47. The van der Waals surface area contributed by atoms with Crippen LogP contribution in [0.4, 0.5) is 0 Å². The summed E-state index contributed by atoms with van der Waals surface area (Å²) in [6, 6.07) is 16.9. The van der Waals surface area contributed by atoms with Gasteiger partial charge >= 0.3 is 0 Å². The van der Waals surface area contributed by atoms with Gasteiger partial charge in [-0.3, -0.25) is 4.79 Å². The van der Waals surface area contributed by atoms with Gasteiger partial charge in [-0.2, -0.15) is 0 Å². The number of carbonyl (C=O) groups is 1. The van der Waals surface area contributed by atoms with Gasteiger partial charge in [-0.05, 0) is 36.2 Å². The van der Waals surface area contributed by atoms with Gasteiger partial charge in [0.1, 0.15) is 11.5 Å². The van der Waals surface area contributed by atoms with Crippen LogP contribution in [0, 0.1) is 0 Å². The van der Waals surface area contributed by atoms with Crippen molar-refractivity contribution in [3.05, 3.63) is 60.2 Å². The molecule has 0 bridgehead atoms. The molecule has 1 aliphatic heterocycles. The number of ether oxygens (including phenoxy) is 2. The van der Waals surface area contributed by atoms with Crippen molar-refractivity contribution < 1.29 is 14.3 Å². The smallest absolute Gasteiger partial charge is 0.254 e. The Morgan fingerprint density at radius 2 is 1.91 bits per heavy atom. The van der Waals surface area contributed by atoms with Gasteiger partial charge in [-0.15, -0.1) is 0 Å². The summed E-state index contributed by atoms with van der Waals surface area (Å²) in [6.45, 7) is 0.911. The molecular formula is C18H20N2O3. The first-order chi connectivity index (χ1) is 11.3. The molecule has 1 fully saturated rings. The van der Waals surface area contributed by atoms with Crippen LogP contribution in [-0.2, 0) is 9.53 Å². The average Bonchev–Trinajstić information content (AvgIpc) is 2.77. The Balaban J connectivity index is 1.77. The second-order valence-electron chi connectivity index (χ2n) is 5.47. The number of hydrogen-bond acceptors (Lipinski definition) is 4. The number of rotatable bonds is 4. The zero-order valence-electron chi connectivity index (χ0n) is 12.8. The Bertz CT molecular complexity index is 660. The highest BCUT2D eigenvalue weighted by molar-refractivity contribution is 5.82. The molecule has 0 aliphatic carbocycles. The Morgan fingerprint density at radius 3 is 2.70 bits per heavy atom. The minimum atomic E-state index is -0.633. The summed E-state index contributed by atoms with van der Waals surface area (Å²) < 4.78 is 11.5. The van der Waals surface area contributed by atoms with E-state index in [1.54, 1.807) is 0 Å². The quantitative estimate of drug-likeness (QED) is 0.909. The van der Waals surface area contributed by atoms with Crippen LogP contribution in [0.2, 0.25) is 0 Å². The molecule has 1 aliphatic rings. The minimum Gasteiger partial charge on any atom is -0.457 e. The molecule has 2 aromatic rings. The minimum absolute atomic E-state index is 0.0312. The number of para-hydroxylation sites is 1. The van der Waals surface area contributed by atoms with Crippen LogP contribution < -0.4 is 15.8 Å². The molecule has 3 N–H and O–H groups in total. The molecule has 3 rings (SSSR count). The largest absolute Gasteiger partial charge is 0.457 e. The van der Waals surface area contributed by atoms with Crippen LogP contribution >= 0.6 is 0 Å². The van der Waals surface area contributed by atoms with Crippen molar-refractivity contribution in [3.8, 4) is 11.5 Å². The van der Waals surface area contributed by atoms with Crippen LogP contribution in [0.1, 0.15) is 18.1 Å².